The van der Waals surface area contributed by atoms with Crippen molar-refractivity contribution in [2.75, 3.05) is 6.54 Å². The lowest BCUT2D eigenvalue weighted by atomic mass is 9.98. The summed E-state index contributed by atoms with van der Waals surface area (Å²) in [5.41, 5.74) is 0.816. The predicted molar refractivity (Wildman–Crippen MR) is 70.4 cm³/mol. The fraction of sp³-hybridized carbons (Fsp3) is 0.500. The largest absolute Gasteiger partial charge is 0.481 e. The zero-order valence-electron chi connectivity index (χ0n) is 10.7. The third kappa shape index (κ3) is 4.85. The highest BCUT2D eigenvalue weighted by molar-refractivity contribution is 5.66. The topological polar surface area (TPSA) is 69.6 Å². The van der Waals surface area contributed by atoms with Crippen molar-refractivity contribution in [1.82, 2.24) is 5.32 Å². The SMILES string of the molecule is CCCNC(CCC(=O)O)C(O)c1ccccc1. The molecule has 0 spiro atoms. The number of aliphatic carboxylic acids is 1. The van der Waals surface area contributed by atoms with E-state index in [1.807, 2.05) is 37.3 Å². The fourth-order valence-electron chi connectivity index (χ4n) is 1.86. The van der Waals surface area contributed by atoms with Crippen LogP contribution in [0.1, 0.15) is 37.9 Å². The monoisotopic (exact) mass is 251 g/mol. The van der Waals surface area contributed by atoms with E-state index in [0.29, 0.717) is 6.42 Å². The van der Waals surface area contributed by atoms with Gasteiger partial charge in [-0.05, 0) is 24.9 Å². The van der Waals surface area contributed by atoms with Gasteiger partial charge in [-0.15, -0.1) is 0 Å². The Morgan fingerprint density at radius 3 is 2.56 bits per heavy atom. The minimum atomic E-state index is -0.835. The Hall–Kier alpha value is -1.39. The highest BCUT2D eigenvalue weighted by atomic mass is 16.4. The van der Waals surface area contributed by atoms with Gasteiger partial charge < -0.3 is 15.5 Å². The first-order valence-corrected chi connectivity index (χ1v) is 6.33. The molecule has 100 valence electrons. The van der Waals surface area contributed by atoms with Gasteiger partial charge in [0.1, 0.15) is 0 Å². The van der Waals surface area contributed by atoms with E-state index in [-0.39, 0.29) is 12.5 Å². The molecule has 0 saturated carbocycles. The van der Waals surface area contributed by atoms with Crippen molar-refractivity contribution >= 4 is 5.97 Å². The van der Waals surface area contributed by atoms with Gasteiger partial charge in [-0.1, -0.05) is 37.3 Å². The van der Waals surface area contributed by atoms with Gasteiger partial charge >= 0.3 is 5.97 Å². The summed E-state index contributed by atoms with van der Waals surface area (Å²) >= 11 is 0. The number of carbonyl (C=O) groups is 1. The summed E-state index contributed by atoms with van der Waals surface area (Å²) in [7, 11) is 0. The van der Waals surface area contributed by atoms with E-state index in [0.717, 1.165) is 18.5 Å². The Morgan fingerprint density at radius 1 is 1.33 bits per heavy atom. The van der Waals surface area contributed by atoms with Crippen LogP contribution in [0.15, 0.2) is 30.3 Å². The third-order valence-electron chi connectivity index (χ3n) is 2.85. The van der Waals surface area contributed by atoms with Crippen molar-refractivity contribution in [2.24, 2.45) is 0 Å². The van der Waals surface area contributed by atoms with Gasteiger partial charge in [-0.2, -0.15) is 0 Å². The lowest BCUT2D eigenvalue weighted by Crippen LogP contribution is -2.36. The highest BCUT2D eigenvalue weighted by Crippen LogP contribution is 2.19. The quantitative estimate of drug-likeness (QED) is 0.660. The van der Waals surface area contributed by atoms with Crippen LogP contribution in [0.4, 0.5) is 0 Å². The van der Waals surface area contributed by atoms with Gasteiger partial charge in [0.15, 0.2) is 0 Å². The Labute approximate surface area is 108 Å². The molecule has 0 radical (unpaired) electrons. The zero-order chi connectivity index (χ0) is 13.4. The van der Waals surface area contributed by atoms with Crippen molar-refractivity contribution in [2.45, 2.75) is 38.3 Å². The molecule has 2 atom stereocenters. The second-order valence-corrected chi connectivity index (χ2v) is 4.35. The van der Waals surface area contributed by atoms with Crippen LogP contribution in [0, 0.1) is 0 Å². The Bertz CT molecular complexity index is 353. The molecule has 0 heterocycles. The number of hydrogen-bond donors (Lipinski definition) is 3. The molecule has 18 heavy (non-hydrogen) atoms. The lowest BCUT2D eigenvalue weighted by Gasteiger charge is -2.24. The van der Waals surface area contributed by atoms with E-state index >= 15 is 0 Å². The summed E-state index contributed by atoms with van der Waals surface area (Å²) in [5, 5.41) is 22.2. The normalized spacial score (nSPS) is 14.1. The summed E-state index contributed by atoms with van der Waals surface area (Å²) < 4.78 is 0. The molecule has 4 nitrogen and oxygen atoms in total. The van der Waals surface area contributed by atoms with E-state index in [1.165, 1.54) is 0 Å². The van der Waals surface area contributed by atoms with E-state index in [4.69, 9.17) is 5.11 Å². The highest BCUT2D eigenvalue weighted by Gasteiger charge is 2.20. The van der Waals surface area contributed by atoms with Crippen LogP contribution in [0.2, 0.25) is 0 Å². The first kappa shape index (κ1) is 14.7. The maximum atomic E-state index is 10.6. The molecular weight excluding hydrogens is 230 g/mol. The molecule has 0 amide bonds. The van der Waals surface area contributed by atoms with Gasteiger partial charge in [0.25, 0.3) is 0 Å². The lowest BCUT2D eigenvalue weighted by molar-refractivity contribution is -0.137. The molecule has 3 N–H and O–H groups in total. The first-order chi connectivity index (χ1) is 8.65. The molecule has 0 aromatic heterocycles. The average Bonchev–Trinajstić information content (AvgIpc) is 2.39. The third-order valence-corrected chi connectivity index (χ3v) is 2.85. The van der Waals surface area contributed by atoms with Crippen LogP contribution >= 0.6 is 0 Å². The van der Waals surface area contributed by atoms with E-state index in [1.54, 1.807) is 0 Å². The number of rotatable bonds is 8. The molecular formula is C14H21NO3. The van der Waals surface area contributed by atoms with E-state index < -0.39 is 12.1 Å². The Kier molecular flexibility index (Phi) is 6.39. The van der Waals surface area contributed by atoms with Crippen LogP contribution in [-0.2, 0) is 4.79 Å². The second-order valence-electron chi connectivity index (χ2n) is 4.35. The van der Waals surface area contributed by atoms with Crippen molar-refractivity contribution in [3.63, 3.8) is 0 Å². The summed E-state index contributed by atoms with van der Waals surface area (Å²) in [5.74, 6) is -0.835. The van der Waals surface area contributed by atoms with Gasteiger partial charge in [0.2, 0.25) is 0 Å². The van der Waals surface area contributed by atoms with Crippen molar-refractivity contribution < 1.29 is 15.0 Å². The molecule has 0 aliphatic heterocycles. The predicted octanol–water partition coefficient (Wildman–Crippen LogP) is 1.95. The number of aliphatic hydroxyl groups excluding tert-OH is 1. The van der Waals surface area contributed by atoms with Gasteiger partial charge in [-0.3, -0.25) is 4.79 Å². The molecule has 0 fully saturated rings. The molecule has 4 heteroatoms. The fourth-order valence-corrected chi connectivity index (χ4v) is 1.86. The number of hydrogen-bond acceptors (Lipinski definition) is 3. The van der Waals surface area contributed by atoms with Crippen LogP contribution in [0.5, 0.6) is 0 Å². The minimum Gasteiger partial charge on any atom is -0.481 e. The molecule has 1 rings (SSSR count). The second kappa shape index (κ2) is 7.84. The summed E-state index contributed by atoms with van der Waals surface area (Å²) in [6.45, 7) is 2.81. The Balaban J connectivity index is 2.65. The van der Waals surface area contributed by atoms with Crippen molar-refractivity contribution in [3.8, 4) is 0 Å². The Morgan fingerprint density at radius 2 is 2.00 bits per heavy atom. The minimum absolute atomic E-state index is 0.0608. The summed E-state index contributed by atoms with van der Waals surface area (Å²) in [4.78, 5) is 10.6. The molecule has 0 saturated heterocycles. The van der Waals surface area contributed by atoms with E-state index in [2.05, 4.69) is 5.32 Å². The van der Waals surface area contributed by atoms with Crippen LogP contribution in [0.3, 0.4) is 0 Å². The van der Waals surface area contributed by atoms with Crippen molar-refractivity contribution in [1.29, 1.82) is 0 Å². The van der Waals surface area contributed by atoms with Crippen LogP contribution < -0.4 is 5.32 Å². The molecule has 1 aromatic rings. The van der Waals surface area contributed by atoms with Crippen LogP contribution in [-0.4, -0.2) is 28.8 Å². The summed E-state index contributed by atoms with van der Waals surface area (Å²) in [6, 6.07) is 9.11. The number of aliphatic hydroxyl groups is 1. The smallest absolute Gasteiger partial charge is 0.303 e. The van der Waals surface area contributed by atoms with E-state index in [9.17, 15) is 9.90 Å². The number of benzene rings is 1. The van der Waals surface area contributed by atoms with Crippen molar-refractivity contribution in [3.05, 3.63) is 35.9 Å². The van der Waals surface area contributed by atoms with Gasteiger partial charge in [-0.25, -0.2) is 0 Å². The number of carboxylic acids is 1. The number of carboxylic acid groups (broad SMARTS) is 1. The summed E-state index contributed by atoms with van der Waals surface area (Å²) in [6.07, 6.45) is 0.763. The maximum absolute atomic E-state index is 10.6. The maximum Gasteiger partial charge on any atom is 0.303 e. The van der Waals surface area contributed by atoms with Gasteiger partial charge in [0.05, 0.1) is 6.10 Å². The van der Waals surface area contributed by atoms with Gasteiger partial charge in [0, 0.05) is 12.5 Å². The molecule has 1 aromatic carbocycles. The standard InChI is InChI=1S/C14H21NO3/c1-2-10-15-12(8-9-13(16)17)14(18)11-6-4-3-5-7-11/h3-7,12,14-15,18H,2,8-10H2,1H3,(H,16,17). The zero-order valence-corrected chi connectivity index (χ0v) is 10.7. The van der Waals surface area contributed by atoms with Crippen LogP contribution in [0.25, 0.3) is 0 Å². The first-order valence-electron chi connectivity index (χ1n) is 6.33. The molecule has 0 aliphatic rings. The molecule has 0 aliphatic carbocycles. The number of nitrogens with one attached hydrogen (secondary N) is 1. The molecule has 0 bridgehead atoms. The average molecular weight is 251 g/mol. The molecule has 2 unspecified atom stereocenters.